The molecule has 5 rings (SSSR count). The molecule has 1 fully saturated rings. The van der Waals surface area contributed by atoms with E-state index in [4.69, 9.17) is 33.2 Å². The van der Waals surface area contributed by atoms with Crippen LogP contribution in [0.2, 0.25) is 10.0 Å². The molecule has 144 valence electrons. The van der Waals surface area contributed by atoms with Gasteiger partial charge in [0.1, 0.15) is 5.52 Å². The maximum atomic E-state index is 6.33. The van der Waals surface area contributed by atoms with E-state index in [1.54, 1.807) is 22.7 Å². The molecule has 0 saturated carbocycles. The summed E-state index contributed by atoms with van der Waals surface area (Å²) >= 11 is 16.0. The van der Waals surface area contributed by atoms with Gasteiger partial charge in [-0.1, -0.05) is 64.9 Å². The van der Waals surface area contributed by atoms with Crippen LogP contribution < -0.4 is 9.80 Å². The summed E-state index contributed by atoms with van der Waals surface area (Å²) in [5, 5.41) is 3.47. The van der Waals surface area contributed by atoms with E-state index < -0.39 is 0 Å². The molecule has 28 heavy (non-hydrogen) atoms. The van der Waals surface area contributed by atoms with E-state index in [0.29, 0.717) is 10.0 Å². The van der Waals surface area contributed by atoms with Gasteiger partial charge in [-0.2, -0.15) is 0 Å². The summed E-state index contributed by atoms with van der Waals surface area (Å²) in [6.07, 6.45) is 1.01. The van der Waals surface area contributed by atoms with Crippen LogP contribution in [0.15, 0.2) is 30.3 Å². The Morgan fingerprint density at radius 1 is 0.857 bits per heavy atom. The average molecular weight is 449 g/mol. The van der Waals surface area contributed by atoms with Gasteiger partial charge >= 0.3 is 0 Å². The van der Waals surface area contributed by atoms with Crippen LogP contribution in [0.5, 0.6) is 0 Å². The molecule has 0 amide bonds. The van der Waals surface area contributed by atoms with Crippen LogP contribution in [0.4, 0.5) is 10.3 Å². The lowest BCUT2D eigenvalue weighted by molar-refractivity contribution is 0.651. The molecule has 0 radical (unpaired) electrons. The average Bonchev–Trinajstić information content (AvgIpc) is 3.36. The second-order valence-corrected chi connectivity index (χ2v) is 9.59. The fourth-order valence-electron chi connectivity index (χ4n) is 3.57. The summed E-state index contributed by atoms with van der Waals surface area (Å²) in [5.74, 6) is 0. The Kier molecular flexibility index (Phi) is 4.83. The lowest BCUT2D eigenvalue weighted by atomic mass is 10.1. The topological polar surface area (TPSA) is 32.3 Å². The lowest BCUT2D eigenvalue weighted by Gasteiger charge is -2.34. The van der Waals surface area contributed by atoms with Crippen LogP contribution in [0.3, 0.4) is 0 Å². The van der Waals surface area contributed by atoms with Crippen molar-refractivity contribution in [3.05, 3.63) is 45.9 Å². The molecular weight excluding hydrogens is 431 g/mol. The smallest absolute Gasteiger partial charge is 0.186 e. The highest BCUT2D eigenvalue weighted by molar-refractivity contribution is 7.23. The van der Waals surface area contributed by atoms with Gasteiger partial charge in [-0.05, 0) is 30.2 Å². The highest BCUT2D eigenvalue weighted by Crippen LogP contribution is 2.38. The van der Waals surface area contributed by atoms with Crippen LogP contribution in [0, 0.1) is 0 Å². The molecule has 1 saturated heterocycles. The molecule has 0 aliphatic carbocycles. The molecule has 0 unspecified atom stereocenters. The third-order valence-corrected chi connectivity index (χ3v) is 8.09. The van der Waals surface area contributed by atoms with Crippen molar-refractivity contribution < 1.29 is 0 Å². The number of nitrogens with zero attached hydrogens (tertiary/aromatic N) is 4. The summed E-state index contributed by atoms with van der Waals surface area (Å²) in [6, 6.07) is 10.1. The predicted molar refractivity (Wildman–Crippen MR) is 123 cm³/mol. The van der Waals surface area contributed by atoms with Crippen LogP contribution in [-0.2, 0) is 6.42 Å². The van der Waals surface area contributed by atoms with Gasteiger partial charge in [-0.25, -0.2) is 9.97 Å². The highest BCUT2D eigenvalue weighted by atomic mass is 35.5. The molecule has 0 atom stereocenters. The van der Waals surface area contributed by atoms with Crippen molar-refractivity contribution >= 4 is 76.6 Å². The zero-order chi connectivity index (χ0) is 19.3. The molecule has 4 aromatic rings. The Morgan fingerprint density at radius 3 is 2.18 bits per heavy atom. The van der Waals surface area contributed by atoms with Crippen molar-refractivity contribution in [2.24, 2.45) is 0 Å². The molecule has 0 N–H and O–H groups in total. The molecule has 3 heterocycles. The molecule has 1 aliphatic rings. The lowest BCUT2D eigenvalue weighted by Crippen LogP contribution is -2.46. The number of fused-ring (bicyclic) bond motifs is 2. The molecule has 4 nitrogen and oxygen atoms in total. The number of hydrogen-bond acceptors (Lipinski definition) is 6. The van der Waals surface area contributed by atoms with E-state index >= 15 is 0 Å². The van der Waals surface area contributed by atoms with Gasteiger partial charge in [-0.3, -0.25) is 0 Å². The van der Waals surface area contributed by atoms with Gasteiger partial charge in [0, 0.05) is 26.2 Å². The highest BCUT2D eigenvalue weighted by Gasteiger charge is 2.23. The van der Waals surface area contributed by atoms with E-state index in [1.165, 1.54) is 10.3 Å². The molecule has 0 spiro atoms. The molecule has 2 aromatic heterocycles. The number of thiazole rings is 2. The minimum Gasteiger partial charge on any atom is -0.345 e. The number of hydrogen-bond donors (Lipinski definition) is 0. The zero-order valence-electron chi connectivity index (χ0n) is 15.3. The summed E-state index contributed by atoms with van der Waals surface area (Å²) in [6.45, 7) is 5.86. The van der Waals surface area contributed by atoms with Gasteiger partial charge in [0.25, 0.3) is 0 Å². The minimum absolute atomic E-state index is 0.654. The van der Waals surface area contributed by atoms with Gasteiger partial charge in [0.2, 0.25) is 0 Å². The SMILES string of the molecule is CCc1cccc2sc(N3CCN(c4nc5c(Cl)ccc(Cl)c5s4)CC3)nc12. The molecule has 1 aliphatic heterocycles. The predicted octanol–water partition coefficient (Wildman–Crippen LogP) is 6.10. The van der Waals surface area contributed by atoms with Gasteiger partial charge in [0.15, 0.2) is 10.3 Å². The minimum atomic E-state index is 0.654. The first-order valence-corrected chi connectivity index (χ1v) is 11.7. The Labute approximate surface area is 181 Å². The first-order valence-electron chi connectivity index (χ1n) is 9.27. The molecular formula is C20H18Cl2N4S2. The van der Waals surface area contributed by atoms with Crippen molar-refractivity contribution in [2.45, 2.75) is 13.3 Å². The third-order valence-electron chi connectivity index (χ3n) is 5.13. The Morgan fingerprint density at radius 2 is 1.50 bits per heavy atom. The fraction of sp³-hybridized carbons (Fsp3) is 0.300. The number of benzene rings is 2. The number of anilines is 2. The van der Waals surface area contributed by atoms with Crippen LogP contribution in [0.25, 0.3) is 20.4 Å². The Hall–Kier alpha value is -1.60. The van der Waals surface area contributed by atoms with Crippen LogP contribution in [0.1, 0.15) is 12.5 Å². The number of piperazine rings is 1. The Bertz CT molecular complexity index is 1120. The quantitative estimate of drug-likeness (QED) is 0.378. The fourth-order valence-corrected chi connectivity index (χ4v) is 6.21. The number of halogens is 2. The van der Waals surface area contributed by atoms with Crippen molar-refractivity contribution in [1.29, 1.82) is 0 Å². The van der Waals surface area contributed by atoms with Crippen LogP contribution >= 0.6 is 45.9 Å². The number of rotatable bonds is 3. The van der Waals surface area contributed by atoms with E-state index in [9.17, 15) is 0 Å². The second-order valence-electron chi connectivity index (χ2n) is 6.79. The first kappa shape index (κ1) is 18.4. The summed E-state index contributed by atoms with van der Waals surface area (Å²) in [7, 11) is 0. The van der Waals surface area contributed by atoms with E-state index in [2.05, 4.69) is 34.9 Å². The summed E-state index contributed by atoms with van der Waals surface area (Å²) in [4.78, 5) is 14.4. The molecule has 8 heteroatoms. The summed E-state index contributed by atoms with van der Waals surface area (Å²) < 4.78 is 2.23. The standard InChI is InChI=1S/C20H18Cl2N4S2/c1-2-12-4-3-5-15-16(12)23-19(27-15)25-8-10-26(11-9-25)20-24-17-13(21)6-7-14(22)18(17)28-20/h3-7H,2,8-11H2,1H3. The van der Waals surface area contributed by atoms with Crippen molar-refractivity contribution in [1.82, 2.24) is 9.97 Å². The van der Waals surface area contributed by atoms with Crippen molar-refractivity contribution in [3.63, 3.8) is 0 Å². The first-order chi connectivity index (χ1) is 13.6. The van der Waals surface area contributed by atoms with Gasteiger partial charge < -0.3 is 9.80 Å². The Balaban J connectivity index is 1.37. The maximum absolute atomic E-state index is 6.33. The number of para-hydroxylation sites is 1. The third kappa shape index (κ3) is 3.12. The zero-order valence-corrected chi connectivity index (χ0v) is 18.4. The van der Waals surface area contributed by atoms with E-state index in [-0.39, 0.29) is 0 Å². The largest absolute Gasteiger partial charge is 0.345 e. The number of aromatic nitrogens is 2. The molecule has 2 aromatic carbocycles. The van der Waals surface area contributed by atoms with Crippen molar-refractivity contribution in [3.8, 4) is 0 Å². The van der Waals surface area contributed by atoms with E-state index in [0.717, 1.165) is 58.6 Å². The van der Waals surface area contributed by atoms with Crippen LogP contribution in [-0.4, -0.2) is 36.1 Å². The molecule has 0 bridgehead atoms. The van der Waals surface area contributed by atoms with Gasteiger partial charge in [0.05, 0.1) is 25.0 Å². The monoisotopic (exact) mass is 448 g/mol. The van der Waals surface area contributed by atoms with Crippen molar-refractivity contribution in [2.75, 3.05) is 36.0 Å². The van der Waals surface area contributed by atoms with E-state index in [1.807, 2.05) is 12.1 Å². The maximum Gasteiger partial charge on any atom is 0.186 e. The normalized spacial score (nSPS) is 15.1. The second kappa shape index (κ2) is 7.34. The summed E-state index contributed by atoms with van der Waals surface area (Å²) in [5.41, 5.74) is 3.28. The van der Waals surface area contributed by atoms with Gasteiger partial charge in [-0.15, -0.1) is 0 Å². The number of aryl methyl sites for hydroxylation is 1.